The van der Waals surface area contributed by atoms with Crippen LogP contribution in [0.15, 0.2) is 42.7 Å². The molecular weight excluding hydrogens is 222 g/mol. The van der Waals surface area contributed by atoms with Gasteiger partial charge in [-0.2, -0.15) is 0 Å². The Kier molecular flexibility index (Phi) is 3.11. The summed E-state index contributed by atoms with van der Waals surface area (Å²) in [6.45, 7) is 1.86. The van der Waals surface area contributed by atoms with Gasteiger partial charge in [-0.15, -0.1) is 0 Å². The van der Waals surface area contributed by atoms with Gasteiger partial charge < -0.3 is 9.36 Å². The number of carbonyl (C=O) groups excluding carboxylic acids is 1. The first-order valence-electron chi connectivity index (χ1n) is 5.10. The van der Waals surface area contributed by atoms with Gasteiger partial charge in [0, 0.05) is 18.3 Å². The van der Waals surface area contributed by atoms with Crippen LogP contribution < -0.4 is 0 Å². The Bertz CT molecular complexity index is 491. The first kappa shape index (κ1) is 11.0. The maximum Gasteiger partial charge on any atom is 0.127 e. The van der Waals surface area contributed by atoms with Gasteiger partial charge in [0.15, 0.2) is 0 Å². The fourth-order valence-corrected chi connectivity index (χ4v) is 1.88. The van der Waals surface area contributed by atoms with Gasteiger partial charge in [-0.25, -0.2) is 0 Å². The summed E-state index contributed by atoms with van der Waals surface area (Å²) in [6, 6.07) is 9.59. The minimum atomic E-state index is -0.115. The lowest BCUT2D eigenvalue weighted by molar-refractivity contribution is -0.108. The van der Waals surface area contributed by atoms with Crippen molar-refractivity contribution in [3.05, 3.63) is 53.3 Å². The summed E-state index contributed by atoms with van der Waals surface area (Å²) >= 11 is 6.19. The molecule has 1 atom stereocenters. The van der Waals surface area contributed by atoms with Gasteiger partial charge in [0.05, 0.1) is 10.7 Å². The van der Waals surface area contributed by atoms with E-state index in [0.717, 1.165) is 17.5 Å². The minimum Gasteiger partial charge on any atom is -0.322 e. The van der Waals surface area contributed by atoms with Crippen LogP contribution in [0.1, 0.15) is 18.4 Å². The van der Waals surface area contributed by atoms with E-state index >= 15 is 0 Å². The maximum absolute atomic E-state index is 10.7. The van der Waals surface area contributed by atoms with Crippen LogP contribution in [0.3, 0.4) is 0 Å². The zero-order chi connectivity index (χ0) is 11.5. The highest BCUT2D eigenvalue weighted by Crippen LogP contribution is 2.25. The molecule has 16 heavy (non-hydrogen) atoms. The third-order valence-electron chi connectivity index (χ3n) is 2.58. The smallest absolute Gasteiger partial charge is 0.127 e. The molecule has 0 spiro atoms. The second kappa shape index (κ2) is 4.54. The number of benzene rings is 1. The summed E-state index contributed by atoms with van der Waals surface area (Å²) in [5, 5.41) is 0.655. The highest BCUT2D eigenvalue weighted by Gasteiger charge is 2.07. The van der Waals surface area contributed by atoms with Crippen molar-refractivity contribution >= 4 is 17.9 Å². The summed E-state index contributed by atoms with van der Waals surface area (Å²) in [7, 11) is 0. The molecule has 2 nitrogen and oxygen atoms in total. The van der Waals surface area contributed by atoms with Crippen LogP contribution in [-0.2, 0) is 4.79 Å². The van der Waals surface area contributed by atoms with Crippen molar-refractivity contribution in [3.63, 3.8) is 0 Å². The lowest BCUT2D eigenvalue weighted by Gasteiger charge is -2.09. The highest BCUT2D eigenvalue weighted by molar-refractivity contribution is 6.32. The number of hydrogen-bond donors (Lipinski definition) is 0. The Balaban J connectivity index is 2.41. The van der Waals surface area contributed by atoms with E-state index < -0.39 is 0 Å². The lowest BCUT2D eigenvalue weighted by atomic mass is 10.0. The molecule has 0 saturated carbocycles. The lowest BCUT2D eigenvalue weighted by Crippen LogP contribution is -1.97. The highest BCUT2D eigenvalue weighted by atomic mass is 35.5. The van der Waals surface area contributed by atoms with Crippen molar-refractivity contribution in [2.45, 2.75) is 12.8 Å². The largest absolute Gasteiger partial charge is 0.322 e. The fourth-order valence-electron chi connectivity index (χ4n) is 1.59. The van der Waals surface area contributed by atoms with Gasteiger partial charge in [0.25, 0.3) is 0 Å². The molecule has 0 aliphatic rings. The molecule has 0 aliphatic heterocycles. The Morgan fingerprint density at radius 2 is 2.00 bits per heavy atom. The molecule has 1 aromatic carbocycles. The minimum absolute atomic E-state index is 0.115. The summed E-state index contributed by atoms with van der Waals surface area (Å²) in [4.78, 5) is 10.7. The summed E-state index contributed by atoms with van der Waals surface area (Å²) < 4.78 is 1.94. The average Bonchev–Trinajstić information content (AvgIpc) is 2.81. The van der Waals surface area contributed by atoms with Crippen LogP contribution in [0, 0.1) is 0 Å². The zero-order valence-corrected chi connectivity index (χ0v) is 9.69. The summed E-state index contributed by atoms with van der Waals surface area (Å²) in [5.74, 6) is -0.115. The third-order valence-corrected chi connectivity index (χ3v) is 2.89. The monoisotopic (exact) mass is 233 g/mol. The van der Waals surface area contributed by atoms with Crippen LogP contribution in [0.5, 0.6) is 0 Å². The standard InChI is InChI=1S/C13H12ClNO/c1-10(9-16)11-4-5-13(12(14)8-11)15-6-2-3-7-15/h2-10H,1H3. The molecule has 0 radical (unpaired) electrons. The van der Waals surface area contributed by atoms with E-state index in [0.29, 0.717) is 5.02 Å². The number of nitrogens with zero attached hydrogens (tertiary/aromatic N) is 1. The Morgan fingerprint density at radius 3 is 2.56 bits per heavy atom. The van der Waals surface area contributed by atoms with E-state index in [1.54, 1.807) is 0 Å². The molecule has 82 valence electrons. The van der Waals surface area contributed by atoms with Crippen LogP contribution >= 0.6 is 11.6 Å². The molecular formula is C13H12ClNO. The van der Waals surface area contributed by atoms with Crippen molar-refractivity contribution < 1.29 is 4.79 Å². The molecule has 2 aromatic rings. The predicted molar refractivity (Wildman–Crippen MR) is 65.3 cm³/mol. The molecule has 1 aromatic heterocycles. The van der Waals surface area contributed by atoms with Gasteiger partial charge in [0.1, 0.15) is 6.29 Å². The van der Waals surface area contributed by atoms with Gasteiger partial charge in [-0.05, 0) is 29.8 Å². The normalized spacial score (nSPS) is 12.4. The second-order valence-electron chi connectivity index (χ2n) is 3.73. The van der Waals surface area contributed by atoms with E-state index in [4.69, 9.17) is 11.6 Å². The zero-order valence-electron chi connectivity index (χ0n) is 8.93. The molecule has 0 aliphatic carbocycles. The number of rotatable bonds is 3. The van der Waals surface area contributed by atoms with Gasteiger partial charge >= 0.3 is 0 Å². The summed E-state index contributed by atoms with van der Waals surface area (Å²) in [5.41, 5.74) is 1.87. The average molecular weight is 234 g/mol. The Morgan fingerprint density at radius 1 is 1.31 bits per heavy atom. The van der Waals surface area contributed by atoms with E-state index in [9.17, 15) is 4.79 Å². The molecule has 0 bridgehead atoms. The van der Waals surface area contributed by atoms with Crippen LogP contribution in [-0.4, -0.2) is 10.9 Å². The van der Waals surface area contributed by atoms with Crippen molar-refractivity contribution in [2.75, 3.05) is 0 Å². The van der Waals surface area contributed by atoms with Gasteiger partial charge in [0.2, 0.25) is 0 Å². The number of halogens is 1. The van der Waals surface area contributed by atoms with E-state index in [1.165, 1.54) is 0 Å². The number of carbonyl (C=O) groups is 1. The topological polar surface area (TPSA) is 22.0 Å². The quantitative estimate of drug-likeness (QED) is 0.745. The third kappa shape index (κ3) is 2.02. The summed E-state index contributed by atoms with van der Waals surface area (Å²) in [6.07, 6.45) is 4.79. The van der Waals surface area contributed by atoms with Crippen LogP contribution in [0.25, 0.3) is 5.69 Å². The molecule has 0 saturated heterocycles. The van der Waals surface area contributed by atoms with Gasteiger partial charge in [-0.3, -0.25) is 0 Å². The van der Waals surface area contributed by atoms with E-state index in [-0.39, 0.29) is 5.92 Å². The second-order valence-corrected chi connectivity index (χ2v) is 4.13. The number of hydrogen-bond acceptors (Lipinski definition) is 1. The molecule has 0 fully saturated rings. The number of aldehydes is 1. The fraction of sp³-hybridized carbons (Fsp3) is 0.154. The van der Waals surface area contributed by atoms with E-state index in [1.807, 2.05) is 54.2 Å². The first-order valence-corrected chi connectivity index (χ1v) is 5.48. The van der Waals surface area contributed by atoms with Crippen molar-refractivity contribution in [3.8, 4) is 5.69 Å². The van der Waals surface area contributed by atoms with Gasteiger partial charge in [-0.1, -0.05) is 24.6 Å². The Hall–Kier alpha value is -1.54. The molecule has 0 N–H and O–H groups in total. The molecule has 1 unspecified atom stereocenters. The van der Waals surface area contributed by atoms with Crippen molar-refractivity contribution in [1.82, 2.24) is 4.57 Å². The molecule has 3 heteroatoms. The predicted octanol–water partition coefficient (Wildman–Crippen LogP) is 3.43. The van der Waals surface area contributed by atoms with Crippen LogP contribution in [0.4, 0.5) is 0 Å². The first-order chi connectivity index (χ1) is 7.72. The Labute approximate surface area is 99.5 Å². The van der Waals surface area contributed by atoms with Crippen molar-refractivity contribution in [1.29, 1.82) is 0 Å². The van der Waals surface area contributed by atoms with Crippen molar-refractivity contribution in [2.24, 2.45) is 0 Å². The SMILES string of the molecule is CC(C=O)c1ccc(-n2cccc2)c(Cl)c1. The maximum atomic E-state index is 10.7. The molecule has 1 heterocycles. The van der Waals surface area contributed by atoms with Crippen LogP contribution in [0.2, 0.25) is 5.02 Å². The molecule has 2 rings (SSSR count). The number of aromatic nitrogens is 1. The molecule has 0 amide bonds. The van der Waals surface area contributed by atoms with E-state index in [2.05, 4.69) is 0 Å².